The number of carbonyl (C=O) groups is 3. The van der Waals surface area contributed by atoms with Crippen LogP contribution in [0.2, 0.25) is 0 Å². The van der Waals surface area contributed by atoms with Crippen LogP contribution >= 0.6 is 0 Å². The van der Waals surface area contributed by atoms with Gasteiger partial charge in [0.2, 0.25) is 11.8 Å². The Morgan fingerprint density at radius 3 is 2.06 bits per heavy atom. The van der Waals surface area contributed by atoms with E-state index in [0.29, 0.717) is 6.42 Å². The summed E-state index contributed by atoms with van der Waals surface area (Å²) >= 11 is 0. The van der Waals surface area contributed by atoms with Crippen molar-refractivity contribution in [2.45, 2.75) is 46.2 Å². The summed E-state index contributed by atoms with van der Waals surface area (Å²) in [5, 5.41) is 5.08. The Balaban J connectivity index is 4.54. The molecule has 2 amide bonds. The monoisotopic (exact) mass is 258 g/mol. The fourth-order valence-electron chi connectivity index (χ4n) is 1.50. The first-order valence-electron chi connectivity index (χ1n) is 5.93. The maximum absolute atomic E-state index is 11.9. The van der Waals surface area contributed by atoms with E-state index in [9.17, 15) is 14.4 Å². The van der Waals surface area contributed by atoms with Gasteiger partial charge in [-0.3, -0.25) is 9.59 Å². The fourth-order valence-corrected chi connectivity index (χ4v) is 1.50. The van der Waals surface area contributed by atoms with Crippen molar-refractivity contribution in [3.63, 3.8) is 0 Å². The van der Waals surface area contributed by atoms with E-state index in [4.69, 9.17) is 0 Å². The molecule has 0 aliphatic rings. The van der Waals surface area contributed by atoms with E-state index in [1.165, 1.54) is 21.0 Å². The summed E-state index contributed by atoms with van der Waals surface area (Å²) in [6.07, 6.45) is 0.513. The quantitative estimate of drug-likeness (QED) is 0.667. The lowest BCUT2D eigenvalue weighted by Crippen LogP contribution is -2.51. The number of hydrogen-bond donors (Lipinski definition) is 2. The number of rotatable bonds is 6. The maximum Gasteiger partial charge on any atom is 0.328 e. The van der Waals surface area contributed by atoms with Crippen LogP contribution in [0, 0.1) is 5.92 Å². The number of amides is 2. The SMILES string of the molecule is COC(=O)[C@H](C)NC(=O)[C@H](CC(C)C)NC(C)=O. The summed E-state index contributed by atoms with van der Waals surface area (Å²) in [4.78, 5) is 34.1. The Hall–Kier alpha value is -1.59. The molecule has 6 heteroatoms. The van der Waals surface area contributed by atoms with E-state index in [2.05, 4.69) is 15.4 Å². The third-order valence-electron chi connectivity index (χ3n) is 2.31. The molecule has 0 saturated carbocycles. The van der Waals surface area contributed by atoms with Crippen molar-refractivity contribution in [3.05, 3.63) is 0 Å². The molecule has 2 atom stereocenters. The fraction of sp³-hybridized carbons (Fsp3) is 0.750. The van der Waals surface area contributed by atoms with Crippen LogP contribution in [0.3, 0.4) is 0 Å². The van der Waals surface area contributed by atoms with Gasteiger partial charge in [0.1, 0.15) is 12.1 Å². The molecular weight excluding hydrogens is 236 g/mol. The molecule has 0 rings (SSSR count). The highest BCUT2D eigenvalue weighted by Gasteiger charge is 2.24. The molecule has 0 aromatic rings. The molecule has 0 fully saturated rings. The smallest absolute Gasteiger partial charge is 0.328 e. The molecule has 0 aromatic carbocycles. The van der Waals surface area contributed by atoms with E-state index >= 15 is 0 Å². The van der Waals surface area contributed by atoms with E-state index in [0.717, 1.165) is 0 Å². The molecule has 0 spiro atoms. The largest absolute Gasteiger partial charge is 0.467 e. The number of carbonyl (C=O) groups excluding carboxylic acids is 3. The van der Waals surface area contributed by atoms with E-state index in [1.807, 2.05) is 13.8 Å². The number of ether oxygens (including phenoxy) is 1. The topological polar surface area (TPSA) is 84.5 Å². The Bertz CT molecular complexity index is 315. The molecule has 0 aliphatic carbocycles. The minimum absolute atomic E-state index is 0.251. The van der Waals surface area contributed by atoms with Crippen LogP contribution in [0.25, 0.3) is 0 Å². The van der Waals surface area contributed by atoms with Crippen LogP contribution in [0.4, 0.5) is 0 Å². The second kappa shape index (κ2) is 7.68. The van der Waals surface area contributed by atoms with Crippen LogP contribution in [0.15, 0.2) is 0 Å². The Morgan fingerprint density at radius 1 is 1.11 bits per heavy atom. The minimum Gasteiger partial charge on any atom is -0.467 e. The highest BCUT2D eigenvalue weighted by Crippen LogP contribution is 2.05. The van der Waals surface area contributed by atoms with Crippen LogP contribution in [0.5, 0.6) is 0 Å². The van der Waals surface area contributed by atoms with Crippen molar-refractivity contribution in [3.8, 4) is 0 Å². The second-order valence-electron chi connectivity index (χ2n) is 4.64. The van der Waals surface area contributed by atoms with Crippen LogP contribution < -0.4 is 10.6 Å². The first-order valence-corrected chi connectivity index (χ1v) is 5.93. The zero-order chi connectivity index (χ0) is 14.3. The van der Waals surface area contributed by atoms with Crippen LogP contribution in [-0.2, 0) is 19.1 Å². The van der Waals surface area contributed by atoms with Gasteiger partial charge in [-0.05, 0) is 19.3 Å². The highest BCUT2D eigenvalue weighted by atomic mass is 16.5. The number of methoxy groups -OCH3 is 1. The van der Waals surface area contributed by atoms with Gasteiger partial charge in [0.25, 0.3) is 0 Å². The lowest BCUT2D eigenvalue weighted by molar-refractivity contribution is -0.144. The molecule has 6 nitrogen and oxygen atoms in total. The first kappa shape index (κ1) is 16.4. The molecule has 0 radical (unpaired) electrons. The van der Waals surface area contributed by atoms with Gasteiger partial charge in [-0.25, -0.2) is 4.79 Å². The normalized spacial score (nSPS) is 13.7. The lowest BCUT2D eigenvalue weighted by atomic mass is 10.0. The second-order valence-corrected chi connectivity index (χ2v) is 4.64. The zero-order valence-corrected chi connectivity index (χ0v) is 11.6. The summed E-state index contributed by atoms with van der Waals surface area (Å²) in [5.41, 5.74) is 0. The van der Waals surface area contributed by atoms with Gasteiger partial charge in [-0.2, -0.15) is 0 Å². The van der Waals surface area contributed by atoms with Crippen molar-refractivity contribution in [2.75, 3.05) is 7.11 Å². The average Bonchev–Trinajstić information content (AvgIpc) is 2.25. The van der Waals surface area contributed by atoms with Gasteiger partial charge in [0.15, 0.2) is 0 Å². The van der Waals surface area contributed by atoms with Crippen LogP contribution in [0.1, 0.15) is 34.1 Å². The molecule has 2 N–H and O–H groups in total. The lowest BCUT2D eigenvalue weighted by Gasteiger charge is -2.21. The highest BCUT2D eigenvalue weighted by molar-refractivity contribution is 5.90. The van der Waals surface area contributed by atoms with Crippen molar-refractivity contribution in [2.24, 2.45) is 5.92 Å². The predicted octanol–water partition coefficient (Wildman–Crippen LogP) is 0.215. The van der Waals surface area contributed by atoms with Crippen molar-refractivity contribution < 1.29 is 19.1 Å². The Labute approximate surface area is 107 Å². The molecule has 0 bridgehead atoms. The third kappa shape index (κ3) is 6.22. The van der Waals surface area contributed by atoms with Gasteiger partial charge < -0.3 is 15.4 Å². The Kier molecular flexibility index (Phi) is 7.00. The van der Waals surface area contributed by atoms with Gasteiger partial charge in [0.05, 0.1) is 7.11 Å². The molecule has 0 aliphatic heterocycles. The number of hydrogen-bond acceptors (Lipinski definition) is 4. The minimum atomic E-state index is -0.731. The molecule has 0 aromatic heterocycles. The van der Waals surface area contributed by atoms with Crippen molar-refractivity contribution in [1.82, 2.24) is 10.6 Å². The summed E-state index contributed by atoms with van der Waals surface area (Å²) in [5.74, 6) is -0.922. The molecule has 0 heterocycles. The van der Waals surface area contributed by atoms with Gasteiger partial charge in [-0.1, -0.05) is 13.8 Å². The molecule has 0 saturated heterocycles. The van der Waals surface area contributed by atoms with E-state index in [-0.39, 0.29) is 17.7 Å². The zero-order valence-electron chi connectivity index (χ0n) is 11.6. The first-order chi connectivity index (χ1) is 8.27. The molecular formula is C12H22N2O4. The van der Waals surface area contributed by atoms with E-state index in [1.54, 1.807) is 0 Å². The number of esters is 1. The van der Waals surface area contributed by atoms with Gasteiger partial charge in [0, 0.05) is 6.92 Å². The predicted molar refractivity (Wildman–Crippen MR) is 66.7 cm³/mol. The van der Waals surface area contributed by atoms with Crippen molar-refractivity contribution in [1.29, 1.82) is 0 Å². The number of nitrogens with one attached hydrogen (secondary N) is 2. The standard InChI is InChI=1S/C12H22N2O4/c1-7(2)6-10(14-9(4)15)11(16)13-8(3)12(17)18-5/h7-8,10H,6H2,1-5H3,(H,13,16)(H,14,15)/t8-,10-/m0/s1. The summed E-state index contributed by atoms with van der Waals surface area (Å²) in [7, 11) is 1.25. The third-order valence-corrected chi connectivity index (χ3v) is 2.31. The van der Waals surface area contributed by atoms with E-state index < -0.39 is 18.1 Å². The Morgan fingerprint density at radius 2 is 1.67 bits per heavy atom. The van der Waals surface area contributed by atoms with Gasteiger partial charge >= 0.3 is 5.97 Å². The average molecular weight is 258 g/mol. The van der Waals surface area contributed by atoms with Crippen molar-refractivity contribution >= 4 is 17.8 Å². The summed E-state index contributed by atoms with van der Waals surface area (Å²) in [6.45, 7) is 6.78. The summed E-state index contributed by atoms with van der Waals surface area (Å²) in [6, 6.07) is -1.36. The molecule has 104 valence electrons. The maximum atomic E-state index is 11.9. The molecule has 0 unspecified atom stereocenters. The molecule has 18 heavy (non-hydrogen) atoms. The van der Waals surface area contributed by atoms with Crippen LogP contribution in [-0.4, -0.2) is 37.0 Å². The summed E-state index contributed by atoms with van der Waals surface area (Å²) < 4.78 is 4.51. The van der Waals surface area contributed by atoms with Gasteiger partial charge in [-0.15, -0.1) is 0 Å².